The van der Waals surface area contributed by atoms with Crippen LogP contribution < -0.4 is 4.74 Å². The Morgan fingerprint density at radius 1 is 1.14 bits per heavy atom. The number of benzene rings is 1. The van der Waals surface area contributed by atoms with E-state index < -0.39 is 5.97 Å². The molecule has 2 atom stereocenters. The number of rotatable bonds is 11. The Hall–Kier alpha value is -1.79. The van der Waals surface area contributed by atoms with Gasteiger partial charge in [-0.15, -0.1) is 0 Å². The molecule has 5 nitrogen and oxygen atoms in total. The van der Waals surface area contributed by atoms with Gasteiger partial charge in [-0.1, -0.05) is 25.7 Å². The summed E-state index contributed by atoms with van der Waals surface area (Å²) in [5.74, 6) is 2.16. The lowest BCUT2D eigenvalue weighted by Gasteiger charge is -2.38. The predicted octanol–water partition coefficient (Wildman–Crippen LogP) is 6.43. The van der Waals surface area contributed by atoms with Gasteiger partial charge in [-0.2, -0.15) is 11.8 Å². The summed E-state index contributed by atoms with van der Waals surface area (Å²) in [5, 5.41) is 11.6. The summed E-state index contributed by atoms with van der Waals surface area (Å²) in [7, 11) is 1.70. The van der Waals surface area contributed by atoms with Gasteiger partial charge in [0.1, 0.15) is 5.75 Å². The number of nitrogens with zero attached hydrogens (tertiary/aromatic N) is 2. The highest BCUT2D eigenvalue weighted by Gasteiger charge is 2.30. The van der Waals surface area contributed by atoms with Crippen molar-refractivity contribution in [3.05, 3.63) is 36.0 Å². The van der Waals surface area contributed by atoms with Gasteiger partial charge < -0.3 is 14.7 Å². The summed E-state index contributed by atoms with van der Waals surface area (Å²) < 4.78 is 5.42. The largest absolute Gasteiger partial charge is 0.497 e. The van der Waals surface area contributed by atoms with Crippen molar-refractivity contribution >= 4 is 28.6 Å². The number of ether oxygens (including phenoxy) is 1. The Morgan fingerprint density at radius 3 is 2.74 bits per heavy atom. The topological polar surface area (TPSA) is 62.7 Å². The van der Waals surface area contributed by atoms with Gasteiger partial charge in [0.25, 0.3) is 0 Å². The molecule has 192 valence electrons. The molecular formula is C29H42N2O3S. The van der Waals surface area contributed by atoms with E-state index in [9.17, 15) is 9.90 Å². The summed E-state index contributed by atoms with van der Waals surface area (Å²) >= 11 is 2.16. The maximum Gasteiger partial charge on any atom is 0.303 e. The molecule has 0 radical (unpaired) electrons. The number of hydrogen-bond acceptors (Lipinski definition) is 5. The van der Waals surface area contributed by atoms with Gasteiger partial charge >= 0.3 is 5.97 Å². The van der Waals surface area contributed by atoms with Crippen LogP contribution in [0, 0.1) is 11.8 Å². The van der Waals surface area contributed by atoms with Crippen LogP contribution in [-0.2, 0) is 11.2 Å². The van der Waals surface area contributed by atoms with Gasteiger partial charge in [-0.25, -0.2) is 0 Å². The molecule has 0 amide bonds. The van der Waals surface area contributed by atoms with Crippen LogP contribution in [0.2, 0.25) is 0 Å². The second-order valence-corrected chi connectivity index (χ2v) is 11.8. The number of hydrogen-bond donors (Lipinski definition) is 1. The van der Waals surface area contributed by atoms with Crippen molar-refractivity contribution < 1.29 is 14.6 Å². The number of carboxylic acids is 1. The zero-order valence-electron chi connectivity index (χ0n) is 21.3. The first-order valence-corrected chi connectivity index (χ1v) is 14.6. The highest BCUT2D eigenvalue weighted by atomic mass is 32.2. The van der Waals surface area contributed by atoms with Gasteiger partial charge in [0, 0.05) is 42.1 Å². The highest BCUT2D eigenvalue weighted by Crippen LogP contribution is 2.33. The van der Waals surface area contributed by atoms with Crippen LogP contribution in [0.25, 0.3) is 10.9 Å². The third-order valence-corrected chi connectivity index (χ3v) is 9.40. The number of aryl methyl sites for hydroxylation is 1. The number of likely N-dealkylation sites (tertiary alicyclic amines) is 1. The fourth-order valence-corrected chi connectivity index (χ4v) is 7.40. The normalized spacial score (nSPS) is 22.2. The minimum Gasteiger partial charge on any atom is -0.497 e. The summed E-state index contributed by atoms with van der Waals surface area (Å²) in [6.07, 6.45) is 14.8. The highest BCUT2D eigenvalue weighted by molar-refractivity contribution is 7.99. The number of carboxylic acid groups (broad SMARTS) is 1. The van der Waals surface area contributed by atoms with E-state index in [0.29, 0.717) is 12.3 Å². The van der Waals surface area contributed by atoms with Gasteiger partial charge in [0.2, 0.25) is 0 Å². The van der Waals surface area contributed by atoms with E-state index in [4.69, 9.17) is 4.74 Å². The first-order chi connectivity index (χ1) is 17.1. The summed E-state index contributed by atoms with van der Waals surface area (Å²) in [5.41, 5.74) is 2.30. The van der Waals surface area contributed by atoms with E-state index in [-0.39, 0.29) is 5.92 Å². The minimum absolute atomic E-state index is 0.262. The van der Waals surface area contributed by atoms with Crippen molar-refractivity contribution in [1.82, 2.24) is 9.88 Å². The standard InChI is InChI=1S/C29H42N2O3S/c1-34-25-11-12-28-27(20-25)23(13-15-30-28)8-6-7-22-14-16-31(21-24(22)19-29(32)33)17-18-35-26-9-4-2-3-5-10-26/h11-13,15,20,22,24,26H,2-10,14,16-19,21H2,1H3,(H,32,33)/t22-,24+/m1/s1. The second kappa shape index (κ2) is 13.5. The number of thioether (sulfide) groups is 1. The van der Waals surface area contributed by atoms with Crippen molar-refractivity contribution in [1.29, 1.82) is 0 Å². The Balaban J connectivity index is 1.27. The second-order valence-electron chi connectivity index (χ2n) is 10.4. The number of aliphatic carboxylic acids is 1. The van der Waals surface area contributed by atoms with E-state index in [1.807, 2.05) is 18.3 Å². The lowest BCUT2D eigenvalue weighted by molar-refractivity contribution is -0.139. The zero-order chi connectivity index (χ0) is 24.5. The Bertz CT molecular complexity index is 945. The lowest BCUT2D eigenvalue weighted by Crippen LogP contribution is -2.42. The lowest BCUT2D eigenvalue weighted by atomic mass is 9.80. The monoisotopic (exact) mass is 498 g/mol. The minimum atomic E-state index is -0.651. The zero-order valence-corrected chi connectivity index (χ0v) is 22.1. The Kier molecular flexibility index (Phi) is 10.1. The van der Waals surface area contributed by atoms with Gasteiger partial charge in [0.05, 0.1) is 12.6 Å². The molecule has 2 fully saturated rings. The van der Waals surface area contributed by atoms with Crippen molar-refractivity contribution in [2.75, 3.05) is 32.5 Å². The van der Waals surface area contributed by atoms with Crippen molar-refractivity contribution in [3.63, 3.8) is 0 Å². The molecule has 1 saturated heterocycles. The molecule has 35 heavy (non-hydrogen) atoms. The van der Waals surface area contributed by atoms with Crippen LogP contribution in [-0.4, -0.2) is 58.7 Å². The number of pyridine rings is 1. The SMILES string of the molecule is COc1ccc2nccc(CCC[C@@H]3CCN(CCSC4CCCCCC4)C[C@@H]3CC(=O)O)c2c1. The molecule has 1 aliphatic carbocycles. The van der Waals surface area contributed by atoms with E-state index >= 15 is 0 Å². The van der Waals surface area contributed by atoms with E-state index in [0.717, 1.165) is 67.2 Å². The molecule has 1 aromatic carbocycles. The number of fused-ring (bicyclic) bond motifs is 1. The van der Waals surface area contributed by atoms with Crippen molar-refractivity contribution in [2.24, 2.45) is 11.8 Å². The summed E-state index contributed by atoms with van der Waals surface area (Å²) in [6.45, 7) is 3.16. The van der Waals surface area contributed by atoms with Crippen LogP contribution in [0.4, 0.5) is 0 Å². The molecule has 4 rings (SSSR count). The first kappa shape index (κ1) is 26.3. The Labute approximate surface area is 215 Å². The molecule has 1 aliphatic heterocycles. The van der Waals surface area contributed by atoms with E-state index in [2.05, 4.69) is 33.8 Å². The van der Waals surface area contributed by atoms with Crippen LogP contribution in [0.3, 0.4) is 0 Å². The van der Waals surface area contributed by atoms with Crippen LogP contribution in [0.15, 0.2) is 30.5 Å². The fraction of sp³-hybridized carbons (Fsp3) is 0.655. The third kappa shape index (κ3) is 7.85. The van der Waals surface area contributed by atoms with Crippen molar-refractivity contribution in [3.8, 4) is 5.75 Å². The van der Waals surface area contributed by atoms with Gasteiger partial charge in [0.15, 0.2) is 0 Å². The maximum atomic E-state index is 11.6. The average Bonchev–Trinajstić information content (AvgIpc) is 3.13. The molecule has 0 unspecified atom stereocenters. The molecule has 2 heterocycles. The average molecular weight is 499 g/mol. The molecule has 1 saturated carbocycles. The molecule has 2 aromatic rings. The third-order valence-electron chi connectivity index (χ3n) is 8.04. The van der Waals surface area contributed by atoms with Crippen molar-refractivity contribution in [2.45, 2.75) is 75.9 Å². The maximum absolute atomic E-state index is 11.6. The molecule has 6 heteroatoms. The quantitative estimate of drug-likeness (QED) is 0.360. The molecule has 0 spiro atoms. The molecule has 1 aromatic heterocycles. The van der Waals surface area contributed by atoms with Crippen LogP contribution in [0.1, 0.15) is 69.8 Å². The Morgan fingerprint density at radius 2 is 1.97 bits per heavy atom. The molecule has 0 bridgehead atoms. The smallest absolute Gasteiger partial charge is 0.303 e. The predicted molar refractivity (Wildman–Crippen MR) is 145 cm³/mol. The summed E-state index contributed by atoms with van der Waals surface area (Å²) in [6, 6.07) is 8.17. The molecule has 1 N–H and O–H groups in total. The van der Waals surface area contributed by atoms with Gasteiger partial charge in [-0.05, 0) is 86.7 Å². The number of piperidine rings is 1. The van der Waals surface area contributed by atoms with Gasteiger partial charge in [-0.3, -0.25) is 9.78 Å². The molecule has 2 aliphatic rings. The first-order valence-electron chi connectivity index (χ1n) is 13.6. The summed E-state index contributed by atoms with van der Waals surface area (Å²) in [4.78, 5) is 18.7. The number of aromatic nitrogens is 1. The van der Waals surface area contributed by atoms with E-state index in [1.165, 1.54) is 49.8 Å². The number of carbonyl (C=O) groups is 1. The molecular weight excluding hydrogens is 456 g/mol. The number of methoxy groups -OCH3 is 1. The van der Waals surface area contributed by atoms with Crippen LogP contribution in [0.5, 0.6) is 5.75 Å². The van der Waals surface area contributed by atoms with E-state index in [1.54, 1.807) is 7.11 Å². The van der Waals surface area contributed by atoms with Crippen LogP contribution >= 0.6 is 11.8 Å². The fourth-order valence-electron chi connectivity index (χ4n) is 6.03.